The number of isothiocyanates is 1. The summed E-state index contributed by atoms with van der Waals surface area (Å²) in [4.78, 5) is 3.92. The molecule has 0 aromatic heterocycles. The standard InChI is InChI=1S/C23H18FNS/c24-23-14-20(18-5-3-17(4-6-18)13-16-1-2-16)9-12-22(23)19-7-10-21(11-8-19)25-15-26/h3-12,14,16H,1-2,13H2. The van der Waals surface area contributed by atoms with Gasteiger partial charge in [0.15, 0.2) is 0 Å². The van der Waals surface area contributed by atoms with Crippen LogP contribution in [0.25, 0.3) is 22.3 Å². The summed E-state index contributed by atoms with van der Waals surface area (Å²) < 4.78 is 14.7. The molecule has 0 bridgehead atoms. The Bertz CT molecular complexity index is 966. The fraction of sp³-hybridized carbons (Fsp3) is 0.174. The zero-order valence-electron chi connectivity index (χ0n) is 14.3. The molecule has 1 saturated carbocycles. The Morgan fingerprint density at radius 3 is 2.15 bits per heavy atom. The van der Waals surface area contributed by atoms with Gasteiger partial charge in [-0.15, -0.1) is 0 Å². The number of hydrogen-bond acceptors (Lipinski definition) is 2. The van der Waals surface area contributed by atoms with Crippen molar-refractivity contribution >= 4 is 23.1 Å². The Morgan fingerprint density at radius 1 is 0.885 bits per heavy atom. The Labute approximate surface area is 158 Å². The van der Waals surface area contributed by atoms with Crippen molar-refractivity contribution in [3.63, 3.8) is 0 Å². The summed E-state index contributed by atoms with van der Waals surface area (Å²) in [6.45, 7) is 0. The van der Waals surface area contributed by atoms with Crippen molar-refractivity contribution in [2.75, 3.05) is 0 Å². The first-order valence-corrected chi connectivity index (χ1v) is 9.21. The minimum absolute atomic E-state index is 0.226. The molecule has 128 valence electrons. The summed E-state index contributed by atoms with van der Waals surface area (Å²) in [5, 5.41) is 2.33. The summed E-state index contributed by atoms with van der Waals surface area (Å²) in [5.41, 5.74) is 5.42. The van der Waals surface area contributed by atoms with E-state index in [1.54, 1.807) is 18.2 Å². The molecule has 0 radical (unpaired) electrons. The highest BCUT2D eigenvalue weighted by atomic mass is 32.1. The van der Waals surface area contributed by atoms with E-state index in [1.165, 1.54) is 18.4 Å². The second-order valence-corrected chi connectivity index (χ2v) is 6.97. The molecule has 0 spiro atoms. The maximum atomic E-state index is 14.7. The molecular formula is C23H18FNS. The smallest absolute Gasteiger partial charge is 0.131 e. The van der Waals surface area contributed by atoms with Crippen molar-refractivity contribution in [3.8, 4) is 22.3 Å². The van der Waals surface area contributed by atoms with Crippen LogP contribution < -0.4 is 0 Å². The van der Waals surface area contributed by atoms with Gasteiger partial charge in [-0.2, -0.15) is 4.99 Å². The number of hydrogen-bond donors (Lipinski definition) is 0. The molecule has 1 nitrogen and oxygen atoms in total. The van der Waals surface area contributed by atoms with E-state index >= 15 is 0 Å². The number of benzene rings is 3. The molecule has 3 aromatic rings. The summed E-state index contributed by atoms with van der Waals surface area (Å²) in [6, 6.07) is 21.2. The van der Waals surface area contributed by atoms with E-state index in [1.807, 2.05) is 24.3 Å². The summed E-state index contributed by atoms with van der Waals surface area (Å²) in [7, 11) is 0. The van der Waals surface area contributed by atoms with Gasteiger partial charge in [0.2, 0.25) is 0 Å². The lowest BCUT2D eigenvalue weighted by atomic mass is 9.98. The molecule has 26 heavy (non-hydrogen) atoms. The topological polar surface area (TPSA) is 12.4 Å². The predicted molar refractivity (Wildman–Crippen MR) is 108 cm³/mol. The summed E-state index contributed by atoms with van der Waals surface area (Å²) >= 11 is 4.60. The van der Waals surface area contributed by atoms with Crippen LogP contribution in [-0.2, 0) is 6.42 Å². The largest absolute Gasteiger partial charge is 0.206 e. The van der Waals surface area contributed by atoms with Gasteiger partial charge in [0.1, 0.15) is 5.82 Å². The molecule has 1 aliphatic carbocycles. The molecule has 3 heteroatoms. The number of aliphatic imine (C=N–C) groups is 1. The van der Waals surface area contributed by atoms with Crippen molar-refractivity contribution in [2.24, 2.45) is 10.9 Å². The molecule has 4 rings (SSSR count). The van der Waals surface area contributed by atoms with Crippen LogP contribution >= 0.6 is 12.2 Å². The van der Waals surface area contributed by atoms with Gasteiger partial charge in [0.25, 0.3) is 0 Å². The Balaban J connectivity index is 1.57. The molecule has 0 unspecified atom stereocenters. The first-order valence-electron chi connectivity index (χ1n) is 8.80. The van der Waals surface area contributed by atoms with Gasteiger partial charge in [-0.05, 0) is 77.9 Å². The van der Waals surface area contributed by atoms with E-state index in [0.717, 1.165) is 29.0 Å². The van der Waals surface area contributed by atoms with E-state index in [9.17, 15) is 4.39 Å². The van der Waals surface area contributed by atoms with Gasteiger partial charge in [-0.25, -0.2) is 4.39 Å². The average molecular weight is 359 g/mol. The molecule has 1 aliphatic rings. The summed E-state index contributed by atoms with van der Waals surface area (Å²) in [5.74, 6) is 0.647. The van der Waals surface area contributed by atoms with Crippen LogP contribution in [0.2, 0.25) is 0 Å². The highest BCUT2D eigenvalue weighted by molar-refractivity contribution is 7.78. The van der Waals surface area contributed by atoms with E-state index in [2.05, 4.69) is 46.6 Å². The molecule has 0 saturated heterocycles. The first-order chi connectivity index (χ1) is 12.7. The zero-order chi connectivity index (χ0) is 17.9. The third kappa shape index (κ3) is 3.80. The lowest BCUT2D eigenvalue weighted by Crippen LogP contribution is -1.89. The molecule has 0 atom stereocenters. The zero-order valence-corrected chi connectivity index (χ0v) is 15.1. The molecule has 0 amide bonds. The minimum atomic E-state index is -0.226. The summed E-state index contributed by atoms with van der Waals surface area (Å²) in [6.07, 6.45) is 3.87. The van der Waals surface area contributed by atoms with Crippen molar-refractivity contribution in [3.05, 3.63) is 78.1 Å². The maximum absolute atomic E-state index is 14.7. The van der Waals surface area contributed by atoms with Gasteiger partial charge in [-0.3, -0.25) is 0 Å². The van der Waals surface area contributed by atoms with Gasteiger partial charge >= 0.3 is 0 Å². The second kappa shape index (κ2) is 7.33. The monoisotopic (exact) mass is 359 g/mol. The predicted octanol–water partition coefficient (Wildman–Crippen LogP) is 6.85. The van der Waals surface area contributed by atoms with E-state index < -0.39 is 0 Å². The van der Waals surface area contributed by atoms with Crippen LogP contribution in [0.3, 0.4) is 0 Å². The molecule has 0 heterocycles. The molecule has 0 aliphatic heterocycles. The average Bonchev–Trinajstić information content (AvgIpc) is 3.47. The number of halogens is 1. The first kappa shape index (κ1) is 16.8. The lowest BCUT2D eigenvalue weighted by molar-refractivity contribution is 0.632. The van der Waals surface area contributed by atoms with E-state index in [-0.39, 0.29) is 5.82 Å². The van der Waals surface area contributed by atoms with E-state index in [4.69, 9.17) is 0 Å². The van der Waals surface area contributed by atoms with Crippen molar-refractivity contribution in [1.82, 2.24) is 0 Å². The quantitative estimate of drug-likeness (QED) is 0.358. The highest BCUT2D eigenvalue weighted by Crippen LogP contribution is 2.33. The SMILES string of the molecule is Fc1cc(-c2ccc(CC3CC3)cc2)ccc1-c1ccc(N=C=S)cc1. The van der Waals surface area contributed by atoms with Gasteiger partial charge in [0.05, 0.1) is 10.8 Å². The highest BCUT2D eigenvalue weighted by Gasteiger charge is 2.21. The number of thiocarbonyl (C=S) groups is 1. The van der Waals surface area contributed by atoms with Crippen LogP contribution in [0.4, 0.5) is 10.1 Å². The van der Waals surface area contributed by atoms with Crippen LogP contribution in [-0.4, -0.2) is 5.16 Å². The Morgan fingerprint density at radius 2 is 1.54 bits per heavy atom. The normalized spacial score (nSPS) is 13.3. The molecular weight excluding hydrogens is 341 g/mol. The maximum Gasteiger partial charge on any atom is 0.131 e. The van der Waals surface area contributed by atoms with Crippen LogP contribution in [0.1, 0.15) is 18.4 Å². The number of rotatable bonds is 5. The fourth-order valence-corrected chi connectivity index (χ4v) is 3.29. The van der Waals surface area contributed by atoms with E-state index in [0.29, 0.717) is 11.3 Å². The molecule has 0 N–H and O–H groups in total. The lowest BCUT2D eigenvalue weighted by Gasteiger charge is -2.08. The van der Waals surface area contributed by atoms with Crippen molar-refractivity contribution in [2.45, 2.75) is 19.3 Å². The third-order valence-electron chi connectivity index (χ3n) is 4.83. The number of nitrogens with zero attached hydrogens (tertiary/aromatic N) is 1. The van der Waals surface area contributed by atoms with Gasteiger partial charge in [-0.1, -0.05) is 48.5 Å². The molecule has 1 fully saturated rings. The van der Waals surface area contributed by atoms with Crippen molar-refractivity contribution in [1.29, 1.82) is 0 Å². The fourth-order valence-electron chi connectivity index (χ4n) is 3.19. The second-order valence-electron chi connectivity index (χ2n) is 6.79. The molecule has 3 aromatic carbocycles. The minimum Gasteiger partial charge on any atom is -0.206 e. The Hall–Kier alpha value is -2.61. The van der Waals surface area contributed by atoms with Gasteiger partial charge in [0, 0.05) is 5.56 Å². The Kier molecular flexibility index (Phi) is 4.75. The van der Waals surface area contributed by atoms with Crippen LogP contribution in [0.5, 0.6) is 0 Å². The van der Waals surface area contributed by atoms with Crippen LogP contribution in [0, 0.1) is 11.7 Å². The van der Waals surface area contributed by atoms with Crippen molar-refractivity contribution < 1.29 is 4.39 Å². The van der Waals surface area contributed by atoms with Gasteiger partial charge < -0.3 is 0 Å². The van der Waals surface area contributed by atoms with Crippen LogP contribution in [0.15, 0.2) is 71.7 Å². The third-order valence-corrected chi connectivity index (χ3v) is 4.92.